The normalized spacial score (nSPS) is 11.2. The quantitative estimate of drug-likeness (QED) is 0.582. The molecule has 4 nitrogen and oxygen atoms in total. The van der Waals surface area contributed by atoms with Crippen LogP contribution in [-0.4, -0.2) is 14.5 Å². The average molecular weight is 356 g/mol. The van der Waals surface area contributed by atoms with Gasteiger partial charge < -0.3 is 10.3 Å². The van der Waals surface area contributed by atoms with E-state index >= 15 is 0 Å². The monoisotopic (exact) mass is 356 g/mol. The van der Waals surface area contributed by atoms with Gasteiger partial charge in [0, 0.05) is 41.6 Å². The van der Waals surface area contributed by atoms with Crippen molar-refractivity contribution in [3.8, 4) is 0 Å². The molecule has 0 saturated heterocycles. The van der Waals surface area contributed by atoms with Crippen LogP contribution < -0.4 is 5.73 Å². The number of fused-ring (bicyclic) bond motifs is 1. The Hall–Kier alpha value is -3.14. The molecule has 27 heavy (non-hydrogen) atoms. The molecule has 0 aliphatic rings. The van der Waals surface area contributed by atoms with Gasteiger partial charge in [-0.1, -0.05) is 12.1 Å². The molecule has 4 aromatic rings. The second kappa shape index (κ2) is 6.88. The van der Waals surface area contributed by atoms with Crippen molar-refractivity contribution >= 4 is 16.7 Å². The summed E-state index contributed by atoms with van der Waals surface area (Å²) < 4.78 is 2.30. The predicted molar refractivity (Wildman–Crippen MR) is 111 cm³/mol. The number of aromatic nitrogens is 3. The zero-order valence-corrected chi connectivity index (χ0v) is 16.0. The van der Waals surface area contributed by atoms with Gasteiger partial charge in [-0.25, -0.2) is 4.98 Å². The minimum absolute atomic E-state index is 0.585. The van der Waals surface area contributed by atoms with Crippen LogP contribution in [0, 0.1) is 20.8 Å². The Kier molecular flexibility index (Phi) is 4.40. The summed E-state index contributed by atoms with van der Waals surface area (Å²) in [6.45, 7) is 6.96. The molecule has 4 heteroatoms. The van der Waals surface area contributed by atoms with E-state index in [0.717, 1.165) is 29.9 Å². The number of pyridine rings is 2. The number of hydrogen-bond acceptors (Lipinski definition) is 3. The molecule has 0 fully saturated rings. The Labute approximate surface area is 159 Å². The highest BCUT2D eigenvalue weighted by molar-refractivity contribution is 5.79. The second-order valence-electron chi connectivity index (χ2n) is 7.21. The second-order valence-corrected chi connectivity index (χ2v) is 7.21. The summed E-state index contributed by atoms with van der Waals surface area (Å²) >= 11 is 0. The summed E-state index contributed by atoms with van der Waals surface area (Å²) in [5.41, 5.74) is 14.0. The maximum atomic E-state index is 5.87. The Morgan fingerprint density at radius 3 is 2.63 bits per heavy atom. The maximum absolute atomic E-state index is 5.87. The van der Waals surface area contributed by atoms with Crippen LogP contribution in [0.15, 0.2) is 54.7 Å². The Morgan fingerprint density at radius 2 is 1.81 bits per heavy atom. The van der Waals surface area contributed by atoms with Crippen molar-refractivity contribution in [3.05, 3.63) is 88.5 Å². The first-order valence-corrected chi connectivity index (χ1v) is 9.22. The third-order valence-electron chi connectivity index (χ3n) is 5.10. The fraction of sp³-hybridized carbons (Fsp3) is 0.217. The molecule has 3 aromatic heterocycles. The molecule has 0 bridgehead atoms. The van der Waals surface area contributed by atoms with Crippen molar-refractivity contribution in [2.24, 2.45) is 0 Å². The molecule has 2 N–H and O–H groups in total. The molecule has 0 amide bonds. The van der Waals surface area contributed by atoms with E-state index in [1.54, 1.807) is 0 Å². The number of nitrogens with zero attached hydrogens (tertiary/aromatic N) is 3. The summed E-state index contributed by atoms with van der Waals surface area (Å²) in [4.78, 5) is 9.02. The molecular weight excluding hydrogens is 332 g/mol. The van der Waals surface area contributed by atoms with E-state index in [1.165, 1.54) is 27.8 Å². The maximum Gasteiger partial charge on any atom is 0.123 e. The van der Waals surface area contributed by atoms with Crippen LogP contribution in [0.25, 0.3) is 10.9 Å². The molecule has 0 saturated carbocycles. The van der Waals surface area contributed by atoms with E-state index in [4.69, 9.17) is 5.73 Å². The minimum Gasteiger partial charge on any atom is -0.384 e. The van der Waals surface area contributed by atoms with Gasteiger partial charge in [-0.05, 0) is 73.9 Å². The van der Waals surface area contributed by atoms with Crippen LogP contribution in [0.5, 0.6) is 0 Å². The van der Waals surface area contributed by atoms with Crippen LogP contribution in [-0.2, 0) is 13.0 Å². The van der Waals surface area contributed by atoms with E-state index in [0.29, 0.717) is 5.82 Å². The van der Waals surface area contributed by atoms with Crippen LogP contribution in [0.3, 0.4) is 0 Å². The fourth-order valence-electron chi connectivity index (χ4n) is 3.66. The fourth-order valence-corrected chi connectivity index (χ4v) is 3.66. The first-order chi connectivity index (χ1) is 13.0. The van der Waals surface area contributed by atoms with Crippen LogP contribution in [0.4, 0.5) is 5.82 Å². The predicted octanol–water partition coefficient (Wildman–Crippen LogP) is 4.58. The summed E-state index contributed by atoms with van der Waals surface area (Å²) in [5, 5.41) is 1.19. The molecule has 0 aliphatic carbocycles. The van der Waals surface area contributed by atoms with Crippen molar-refractivity contribution in [1.29, 1.82) is 0 Å². The number of rotatable bonds is 4. The molecule has 136 valence electrons. The molecule has 0 unspecified atom stereocenters. The van der Waals surface area contributed by atoms with Gasteiger partial charge in [-0.2, -0.15) is 0 Å². The molecule has 3 heterocycles. The summed E-state index contributed by atoms with van der Waals surface area (Å²) in [5.74, 6) is 0.585. The third-order valence-corrected chi connectivity index (χ3v) is 5.10. The highest BCUT2D eigenvalue weighted by Gasteiger charge is 2.10. The number of benzene rings is 1. The van der Waals surface area contributed by atoms with Gasteiger partial charge in [0.25, 0.3) is 0 Å². The minimum atomic E-state index is 0.585. The molecule has 0 radical (unpaired) electrons. The molecule has 0 aliphatic heterocycles. The van der Waals surface area contributed by atoms with E-state index in [1.807, 2.05) is 19.9 Å². The third kappa shape index (κ3) is 3.56. The SMILES string of the molecule is Cc1ccc2cc(Cc3cccn3Cc3c(C)cc(N)nc3C)ccc2n1. The van der Waals surface area contributed by atoms with Crippen LogP contribution in [0.2, 0.25) is 0 Å². The van der Waals surface area contributed by atoms with Gasteiger partial charge in [0.15, 0.2) is 0 Å². The van der Waals surface area contributed by atoms with Gasteiger partial charge >= 0.3 is 0 Å². The Bertz CT molecular complexity index is 1100. The number of aryl methyl sites for hydroxylation is 3. The smallest absolute Gasteiger partial charge is 0.123 e. The van der Waals surface area contributed by atoms with Gasteiger partial charge in [0.2, 0.25) is 0 Å². The van der Waals surface area contributed by atoms with Crippen molar-refractivity contribution < 1.29 is 0 Å². The van der Waals surface area contributed by atoms with E-state index in [2.05, 4.69) is 70.1 Å². The number of nitrogen functional groups attached to an aromatic ring is 1. The van der Waals surface area contributed by atoms with Crippen molar-refractivity contribution in [2.45, 2.75) is 33.7 Å². The number of nitrogens with two attached hydrogens (primary N) is 1. The lowest BCUT2D eigenvalue weighted by atomic mass is 10.1. The zero-order chi connectivity index (χ0) is 19.0. The largest absolute Gasteiger partial charge is 0.384 e. The topological polar surface area (TPSA) is 56.7 Å². The first-order valence-electron chi connectivity index (χ1n) is 9.22. The summed E-state index contributed by atoms with van der Waals surface area (Å²) in [6.07, 6.45) is 3.02. The molecule has 1 aromatic carbocycles. The first kappa shape index (κ1) is 17.3. The van der Waals surface area contributed by atoms with Crippen molar-refractivity contribution in [2.75, 3.05) is 5.73 Å². The lowest BCUT2D eigenvalue weighted by Crippen LogP contribution is -2.08. The van der Waals surface area contributed by atoms with E-state index in [9.17, 15) is 0 Å². The summed E-state index contributed by atoms with van der Waals surface area (Å²) in [6, 6.07) is 17.0. The van der Waals surface area contributed by atoms with Gasteiger partial charge in [0.1, 0.15) is 5.82 Å². The molecular formula is C23H24N4. The highest BCUT2D eigenvalue weighted by atomic mass is 15.0. The molecule has 0 atom stereocenters. The van der Waals surface area contributed by atoms with Crippen molar-refractivity contribution in [1.82, 2.24) is 14.5 Å². The number of anilines is 1. The van der Waals surface area contributed by atoms with Gasteiger partial charge in [0.05, 0.1) is 5.52 Å². The van der Waals surface area contributed by atoms with Crippen molar-refractivity contribution in [3.63, 3.8) is 0 Å². The van der Waals surface area contributed by atoms with Gasteiger partial charge in [-0.3, -0.25) is 4.98 Å². The molecule has 0 spiro atoms. The van der Waals surface area contributed by atoms with Crippen LogP contribution >= 0.6 is 0 Å². The van der Waals surface area contributed by atoms with E-state index in [-0.39, 0.29) is 0 Å². The highest BCUT2D eigenvalue weighted by Crippen LogP contribution is 2.20. The Morgan fingerprint density at radius 1 is 0.963 bits per heavy atom. The summed E-state index contributed by atoms with van der Waals surface area (Å²) in [7, 11) is 0. The standard InChI is InChI=1S/C23H24N4/c1-15-11-23(24)26-17(3)21(15)14-27-10-4-5-20(27)13-18-7-9-22-19(12-18)8-6-16(2)25-22/h4-12H,13-14H2,1-3H3,(H2,24,26). The Balaban J connectivity index is 1.62. The number of hydrogen-bond donors (Lipinski definition) is 1. The lowest BCUT2D eigenvalue weighted by Gasteiger charge is -2.14. The van der Waals surface area contributed by atoms with Gasteiger partial charge in [-0.15, -0.1) is 0 Å². The van der Waals surface area contributed by atoms with E-state index < -0.39 is 0 Å². The van der Waals surface area contributed by atoms with Crippen LogP contribution in [0.1, 0.15) is 33.8 Å². The lowest BCUT2D eigenvalue weighted by molar-refractivity contribution is 0.746. The average Bonchev–Trinajstić information content (AvgIpc) is 3.05. The zero-order valence-electron chi connectivity index (χ0n) is 16.0. The molecule has 4 rings (SSSR count).